The molecule has 12 aromatic rings. The van der Waals surface area contributed by atoms with Crippen molar-refractivity contribution >= 4 is 110 Å². The first-order valence-electron chi connectivity index (χ1n) is 19.4. The quantitative estimate of drug-likeness (QED) is 0.150. The maximum absolute atomic E-state index is 15.2. The largest absolute Gasteiger partial charge is 0.310 e. The van der Waals surface area contributed by atoms with Crippen LogP contribution in [0.25, 0.3) is 109 Å². The van der Waals surface area contributed by atoms with Crippen LogP contribution in [0.2, 0.25) is 0 Å². The standard InChI is InChI=1S/C52H28BFN2/c54-35-15-1-14-33(26-35)34-27-44-50-45(28-34)56-43-21-7-13-30-9-3-17-37(47(30)43)39-19-5-11-32-23-25-41(52(56)49(32)39)53(50)40-24-22-31-10-4-18-38-36-16-2-8-29-12-6-20-42(46(29)36)55(44)51(40)48(31)38/h1-28H. The molecule has 0 radical (unpaired) electrons. The number of rotatable bonds is 1. The minimum Gasteiger partial charge on any atom is -0.310 e. The highest BCUT2D eigenvalue weighted by Crippen LogP contribution is 2.43. The Morgan fingerprint density at radius 2 is 0.804 bits per heavy atom. The van der Waals surface area contributed by atoms with Crippen LogP contribution in [0.3, 0.4) is 0 Å². The SMILES string of the molecule is Fc1cccc(-c2cc3c4c(c2)-n2c5cccc6cccc(c7cccc8ccc(c2c87)B4c2ccc4cccc7c8cccc9cccc(c98)n-3c2c47)c65)c1. The Hall–Kier alpha value is -7.17. The molecule has 0 amide bonds. The maximum atomic E-state index is 15.2. The predicted molar refractivity (Wildman–Crippen MR) is 235 cm³/mol. The lowest BCUT2D eigenvalue weighted by Crippen LogP contribution is -2.59. The summed E-state index contributed by atoms with van der Waals surface area (Å²) in [5.41, 5.74) is 12.8. The van der Waals surface area contributed by atoms with E-state index in [2.05, 4.69) is 155 Å². The van der Waals surface area contributed by atoms with Crippen LogP contribution < -0.4 is 16.4 Å². The Balaban J connectivity index is 1.32. The summed E-state index contributed by atoms with van der Waals surface area (Å²) in [5.74, 6) is -0.240. The minimum absolute atomic E-state index is 0.0465. The number of fused-ring (bicyclic) bond motifs is 8. The summed E-state index contributed by atoms with van der Waals surface area (Å²) >= 11 is 0. The molecule has 2 aliphatic heterocycles. The van der Waals surface area contributed by atoms with E-state index in [9.17, 15) is 0 Å². The number of nitrogens with zero attached hydrogens (tertiary/aromatic N) is 2. The van der Waals surface area contributed by atoms with Gasteiger partial charge in [0.1, 0.15) is 5.82 Å². The molecular formula is C52H28BFN2. The number of aromatic nitrogens is 2. The van der Waals surface area contributed by atoms with Gasteiger partial charge in [0.2, 0.25) is 0 Å². The number of benzene rings is 10. The van der Waals surface area contributed by atoms with Crippen molar-refractivity contribution in [3.05, 3.63) is 176 Å². The molecule has 2 aliphatic rings. The fourth-order valence-corrected chi connectivity index (χ4v) is 11.0. The molecule has 56 heavy (non-hydrogen) atoms. The summed E-state index contributed by atoms with van der Waals surface area (Å²) < 4.78 is 20.3. The lowest BCUT2D eigenvalue weighted by Gasteiger charge is -2.36. The van der Waals surface area contributed by atoms with Gasteiger partial charge >= 0.3 is 0 Å². The molecule has 14 rings (SSSR count). The molecule has 0 N–H and O–H groups in total. The highest BCUT2D eigenvalue weighted by molar-refractivity contribution is 7.00. The third-order valence-corrected chi connectivity index (χ3v) is 13.1. The first kappa shape index (κ1) is 29.2. The van der Waals surface area contributed by atoms with Crippen molar-refractivity contribution < 1.29 is 4.39 Å². The van der Waals surface area contributed by atoms with Gasteiger partial charge in [-0.15, -0.1) is 0 Å². The molecule has 2 nitrogen and oxygen atoms in total. The van der Waals surface area contributed by atoms with Crippen LogP contribution in [-0.4, -0.2) is 15.8 Å². The molecule has 0 aliphatic carbocycles. The van der Waals surface area contributed by atoms with Crippen LogP contribution in [0.15, 0.2) is 170 Å². The van der Waals surface area contributed by atoms with E-state index in [0.717, 1.165) is 33.5 Å². The second kappa shape index (κ2) is 10.1. The van der Waals surface area contributed by atoms with Crippen LogP contribution in [0.1, 0.15) is 0 Å². The average Bonchev–Trinajstić information content (AvgIpc) is 3.46. The molecule has 0 saturated carbocycles. The highest BCUT2D eigenvalue weighted by Gasteiger charge is 2.40. The Labute approximate surface area is 320 Å². The normalized spacial score (nSPS) is 13.1. The van der Waals surface area contributed by atoms with Gasteiger partial charge < -0.3 is 9.13 Å². The molecule has 0 fully saturated rings. The highest BCUT2D eigenvalue weighted by atomic mass is 19.1. The monoisotopic (exact) mass is 710 g/mol. The van der Waals surface area contributed by atoms with E-state index in [1.165, 1.54) is 98.1 Å². The molecule has 10 aromatic carbocycles. The molecule has 0 bridgehead atoms. The van der Waals surface area contributed by atoms with E-state index in [0.29, 0.717) is 0 Å². The zero-order valence-corrected chi connectivity index (χ0v) is 30.0. The number of hydrogen-bond acceptors (Lipinski definition) is 0. The number of halogens is 1. The Morgan fingerprint density at radius 3 is 1.29 bits per heavy atom. The van der Waals surface area contributed by atoms with Crippen molar-refractivity contribution in [2.75, 3.05) is 0 Å². The van der Waals surface area contributed by atoms with Gasteiger partial charge in [0.15, 0.2) is 0 Å². The first-order valence-corrected chi connectivity index (χ1v) is 19.4. The van der Waals surface area contributed by atoms with E-state index in [1.807, 2.05) is 12.1 Å². The average molecular weight is 711 g/mol. The Bertz CT molecular complexity index is 3560. The van der Waals surface area contributed by atoms with Crippen molar-refractivity contribution in [1.29, 1.82) is 0 Å². The van der Waals surface area contributed by atoms with Crippen LogP contribution in [0.4, 0.5) is 4.39 Å². The first-order chi connectivity index (χ1) is 27.7. The van der Waals surface area contributed by atoms with Gasteiger partial charge in [-0.2, -0.15) is 0 Å². The van der Waals surface area contributed by atoms with E-state index < -0.39 is 0 Å². The van der Waals surface area contributed by atoms with Crippen molar-refractivity contribution in [2.24, 2.45) is 0 Å². The summed E-state index contributed by atoms with van der Waals surface area (Å²) in [7, 11) is 0. The molecule has 2 aromatic heterocycles. The topological polar surface area (TPSA) is 9.86 Å². The molecule has 4 heteroatoms. The minimum atomic E-state index is -0.240. The molecule has 4 heterocycles. The van der Waals surface area contributed by atoms with Gasteiger partial charge in [-0.05, 0) is 107 Å². The van der Waals surface area contributed by atoms with Crippen molar-refractivity contribution in [1.82, 2.24) is 9.13 Å². The third kappa shape index (κ3) is 3.45. The zero-order chi connectivity index (χ0) is 36.4. The summed E-state index contributed by atoms with van der Waals surface area (Å²) in [5, 5.41) is 14.9. The fraction of sp³-hybridized carbons (Fsp3) is 0. The van der Waals surface area contributed by atoms with Crippen molar-refractivity contribution in [3.8, 4) is 22.5 Å². The van der Waals surface area contributed by atoms with Crippen LogP contribution in [0, 0.1) is 5.82 Å². The summed E-state index contributed by atoms with van der Waals surface area (Å²) in [6.45, 7) is -0.0465. The zero-order valence-electron chi connectivity index (χ0n) is 30.0. The van der Waals surface area contributed by atoms with Crippen molar-refractivity contribution in [3.63, 3.8) is 0 Å². The molecule has 0 saturated heterocycles. The lowest BCUT2D eigenvalue weighted by atomic mass is 9.34. The smallest absolute Gasteiger partial charge is 0.252 e. The van der Waals surface area contributed by atoms with Gasteiger partial charge in [-0.25, -0.2) is 4.39 Å². The van der Waals surface area contributed by atoms with Crippen molar-refractivity contribution in [2.45, 2.75) is 0 Å². The second-order valence-electron chi connectivity index (χ2n) is 15.7. The third-order valence-electron chi connectivity index (χ3n) is 13.1. The summed E-state index contributed by atoms with van der Waals surface area (Å²) in [4.78, 5) is 0. The maximum Gasteiger partial charge on any atom is 0.252 e. The lowest BCUT2D eigenvalue weighted by molar-refractivity contribution is 0.628. The summed E-state index contributed by atoms with van der Waals surface area (Å²) in [6.07, 6.45) is 0. The van der Waals surface area contributed by atoms with Gasteiger partial charge in [0, 0.05) is 44.0 Å². The van der Waals surface area contributed by atoms with E-state index in [4.69, 9.17) is 0 Å². The molecule has 0 atom stereocenters. The number of hydrogen-bond donors (Lipinski definition) is 0. The van der Waals surface area contributed by atoms with E-state index in [1.54, 1.807) is 6.07 Å². The van der Waals surface area contributed by atoms with Gasteiger partial charge in [0.25, 0.3) is 6.71 Å². The molecular weight excluding hydrogens is 682 g/mol. The van der Waals surface area contributed by atoms with Gasteiger partial charge in [-0.3, -0.25) is 0 Å². The van der Waals surface area contributed by atoms with E-state index >= 15 is 4.39 Å². The second-order valence-corrected chi connectivity index (χ2v) is 15.7. The Kier molecular flexibility index (Phi) is 5.28. The molecule has 0 unspecified atom stereocenters. The van der Waals surface area contributed by atoms with Gasteiger partial charge in [0.05, 0.1) is 11.0 Å². The van der Waals surface area contributed by atoms with Crippen LogP contribution in [0.5, 0.6) is 0 Å². The predicted octanol–water partition coefficient (Wildman–Crippen LogP) is 11.4. The Morgan fingerprint density at radius 1 is 0.375 bits per heavy atom. The molecule has 256 valence electrons. The molecule has 0 spiro atoms. The van der Waals surface area contributed by atoms with E-state index in [-0.39, 0.29) is 12.5 Å². The summed E-state index contributed by atoms with van der Waals surface area (Å²) in [6, 6.07) is 61.6. The van der Waals surface area contributed by atoms with Gasteiger partial charge in [-0.1, -0.05) is 133 Å². The van der Waals surface area contributed by atoms with Crippen LogP contribution in [-0.2, 0) is 0 Å². The fourth-order valence-electron chi connectivity index (χ4n) is 11.0. The van der Waals surface area contributed by atoms with Crippen LogP contribution >= 0.6 is 0 Å².